The lowest BCUT2D eigenvalue weighted by atomic mass is 9.85. The summed E-state index contributed by atoms with van der Waals surface area (Å²) in [5, 5.41) is 5.31. The van der Waals surface area contributed by atoms with E-state index >= 15 is 0 Å². The van der Waals surface area contributed by atoms with Gasteiger partial charge in [0, 0.05) is 18.8 Å². The number of nitrogens with zero attached hydrogens (tertiary/aromatic N) is 3. The molecule has 1 aromatic rings. The van der Waals surface area contributed by atoms with Gasteiger partial charge in [0.25, 0.3) is 11.8 Å². The maximum Gasteiger partial charge on any atom is 0.254 e. The molecule has 0 N–H and O–H groups in total. The van der Waals surface area contributed by atoms with Gasteiger partial charge in [-0.1, -0.05) is 24.3 Å². The van der Waals surface area contributed by atoms with Crippen molar-refractivity contribution in [1.29, 1.82) is 0 Å². The lowest BCUT2D eigenvalue weighted by Crippen LogP contribution is -2.28. The number of hydrogen-bond donors (Lipinski definition) is 0. The third-order valence-corrected chi connectivity index (χ3v) is 5.79. The Balaban J connectivity index is 1.49. The zero-order valence-corrected chi connectivity index (χ0v) is 14.6. The van der Waals surface area contributed by atoms with Gasteiger partial charge in [-0.05, 0) is 49.8 Å². The summed E-state index contributed by atoms with van der Waals surface area (Å²) in [5.41, 5.74) is 2.04. The van der Waals surface area contributed by atoms with E-state index in [0.29, 0.717) is 0 Å². The summed E-state index contributed by atoms with van der Waals surface area (Å²) in [7, 11) is 0. The molecule has 4 atom stereocenters. The average Bonchev–Trinajstić information content (AvgIpc) is 3.30. The summed E-state index contributed by atoms with van der Waals surface area (Å²) >= 11 is 0. The molecule has 1 heterocycles. The molecule has 25 heavy (non-hydrogen) atoms. The largest absolute Gasteiger partial charge is 0.372 e. The van der Waals surface area contributed by atoms with Gasteiger partial charge >= 0.3 is 0 Å². The maximum absolute atomic E-state index is 12.6. The van der Waals surface area contributed by atoms with Crippen molar-refractivity contribution in [3.05, 3.63) is 42.0 Å². The molecule has 0 aromatic heterocycles. The van der Waals surface area contributed by atoms with Gasteiger partial charge < -0.3 is 4.90 Å². The number of anilines is 1. The first-order chi connectivity index (χ1) is 12.1. The zero-order chi connectivity index (χ0) is 17.6. The van der Waals surface area contributed by atoms with Crippen molar-refractivity contribution in [2.45, 2.75) is 20.3 Å². The van der Waals surface area contributed by atoms with E-state index in [1.54, 1.807) is 6.21 Å². The van der Waals surface area contributed by atoms with Crippen LogP contribution in [-0.2, 0) is 9.59 Å². The molecule has 130 valence electrons. The minimum absolute atomic E-state index is 0.136. The Hall–Kier alpha value is -2.43. The van der Waals surface area contributed by atoms with Crippen LogP contribution in [0, 0.1) is 23.7 Å². The molecule has 2 fully saturated rings. The number of rotatable bonds is 5. The molecule has 0 spiro atoms. The number of amides is 2. The number of hydrazone groups is 1. The highest BCUT2D eigenvalue weighted by Gasteiger charge is 2.59. The molecule has 2 bridgehead atoms. The Morgan fingerprint density at radius 3 is 2.12 bits per heavy atom. The summed E-state index contributed by atoms with van der Waals surface area (Å²) in [6.07, 6.45) is 6.74. The quantitative estimate of drug-likeness (QED) is 0.471. The van der Waals surface area contributed by atoms with Crippen LogP contribution >= 0.6 is 0 Å². The summed E-state index contributed by atoms with van der Waals surface area (Å²) in [6, 6.07) is 8.02. The van der Waals surface area contributed by atoms with Crippen LogP contribution in [0.25, 0.3) is 0 Å². The molecule has 5 nitrogen and oxygen atoms in total. The Labute approximate surface area is 148 Å². The van der Waals surface area contributed by atoms with Gasteiger partial charge in [0.15, 0.2) is 0 Å². The molecular formula is C20H23N3O2. The molecular weight excluding hydrogens is 314 g/mol. The van der Waals surface area contributed by atoms with Crippen LogP contribution < -0.4 is 4.90 Å². The number of hydrogen-bond acceptors (Lipinski definition) is 4. The Bertz CT molecular complexity index is 719. The predicted octanol–water partition coefficient (Wildman–Crippen LogP) is 2.67. The van der Waals surface area contributed by atoms with Crippen molar-refractivity contribution >= 4 is 23.7 Å². The first-order valence-electron chi connectivity index (χ1n) is 9.09. The van der Waals surface area contributed by atoms with E-state index in [2.05, 4.69) is 36.0 Å². The van der Waals surface area contributed by atoms with Crippen molar-refractivity contribution in [1.82, 2.24) is 5.01 Å². The van der Waals surface area contributed by atoms with Gasteiger partial charge in [0.1, 0.15) is 0 Å². The Morgan fingerprint density at radius 1 is 1.04 bits per heavy atom. The highest BCUT2D eigenvalue weighted by Crippen LogP contribution is 2.52. The van der Waals surface area contributed by atoms with Crippen LogP contribution in [0.4, 0.5) is 5.69 Å². The van der Waals surface area contributed by atoms with Crippen molar-refractivity contribution < 1.29 is 9.59 Å². The van der Waals surface area contributed by atoms with Crippen LogP contribution in [0.5, 0.6) is 0 Å². The number of benzene rings is 1. The molecule has 1 saturated carbocycles. The molecule has 2 amide bonds. The van der Waals surface area contributed by atoms with Crippen LogP contribution in [-0.4, -0.2) is 36.1 Å². The minimum Gasteiger partial charge on any atom is -0.372 e. The third-order valence-electron chi connectivity index (χ3n) is 5.79. The Kier molecular flexibility index (Phi) is 3.94. The van der Waals surface area contributed by atoms with Crippen LogP contribution in [0.1, 0.15) is 25.8 Å². The minimum atomic E-state index is -0.190. The van der Waals surface area contributed by atoms with Crippen molar-refractivity contribution in [3.63, 3.8) is 0 Å². The van der Waals surface area contributed by atoms with Crippen molar-refractivity contribution in [3.8, 4) is 0 Å². The molecule has 1 aliphatic heterocycles. The topological polar surface area (TPSA) is 53.0 Å². The van der Waals surface area contributed by atoms with Crippen LogP contribution in [0.3, 0.4) is 0 Å². The second-order valence-corrected chi connectivity index (χ2v) is 7.00. The fraction of sp³-hybridized carbons (Fsp3) is 0.450. The summed E-state index contributed by atoms with van der Waals surface area (Å²) < 4.78 is 0. The van der Waals surface area contributed by atoms with Crippen molar-refractivity contribution in [2.75, 3.05) is 18.0 Å². The fourth-order valence-corrected chi connectivity index (χ4v) is 4.48. The molecule has 4 rings (SSSR count). The molecule has 0 unspecified atom stereocenters. The van der Waals surface area contributed by atoms with Gasteiger partial charge in [-0.15, -0.1) is 0 Å². The van der Waals surface area contributed by atoms with Gasteiger partial charge in [-0.3, -0.25) is 9.59 Å². The normalized spacial score (nSPS) is 29.9. The second-order valence-electron chi connectivity index (χ2n) is 7.00. The Morgan fingerprint density at radius 2 is 1.60 bits per heavy atom. The van der Waals surface area contributed by atoms with E-state index in [9.17, 15) is 9.59 Å². The molecule has 3 aliphatic rings. The zero-order valence-electron chi connectivity index (χ0n) is 14.6. The van der Waals surface area contributed by atoms with E-state index in [0.717, 1.165) is 35.8 Å². The van der Waals surface area contributed by atoms with E-state index in [-0.39, 0.29) is 35.5 Å². The monoisotopic (exact) mass is 337 g/mol. The standard InChI is InChI=1S/C20H23N3O2/c1-3-22(4-2)16-9-5-13(6-10-16)12-21-23-19(24)17-14-7-8-15(11-14)18(17)20(23)25/h5-10,12,14-15,17-18H,3-4,11H2,1-2H3/b21-12-/t14-,15-,17-,18+/m0/s1. The molecule has 5 heteroatoms. The van der Waals surface area contributed by atoms with Gasteiger partial charge in [0.05, 0.1) is 18.1 Å². The average molecular weight is 337 g/mol. The van der Waals surface area contributed by atoms with E-state index in [1.165, 1.54) is 0 Å². The highest BCUT2D eigenvalue weighted by atomic mass is 16.2. The molecule has 0 radical (unpaired) electrons. The smallest absolute Gasteiger partial charge is 0.254 e. The van der Waals surface area contributed by atoms with Gasteiger partial charge in [0.2, 0.25) is 0 Å². The van der Waals surface area contributed by atoms with Crippen LogP contribution in [0.2, 0.25) is 0 Å². The number of carbonyl (C=O) groups excluding carboxylic acids is 2. The van der Waals surface area contributed by atoms with Crippen LogP contribution in [0.15, 0.2) is 41.5 Å². The summed E-state index contributed by atoms with van der Waals surface area (Å²) in [5.74, 6) is -0.208. The highest BCUT2D eigenvalue weighted by molar-refractivity contribution is 6.06. The first-order valence-corrected chi connectivity index (χ1v) is 9.09. The number of fused-ring (bicyclic) bond motifs is 5. The summed E-state index contributed by atoms with van der Waals surface area (Å²) in [4.78, 5) is 27.4. The molecule has 2 aliphatic carbocycles. The predicted molar refractivity (Wildman–Crippen MR) is 97.2 cm³/mol. The van der Waals surface area contributed by atoms with E-state index in [1.807, 2.05) is 24.3 Å². The van der Waals surface area contributed by atoms with Gasteiger partial charge in [-0.2, -0.15) is 10.1 Å². The lowest BCUT2D eigenvalue weighted by Gasteiger charge is -2.20. The molecule has 1 aromatic carbocycles. The number of imide groups is 1. The number of carbonyl (C=O) groups is 2. The van der Waals surface area contributed by atoms with E-state index < -0.39 is 0 Å². The second kappa shape index (κ2) is 6.14. The third kappa shape index (κ3) is 2.49. The van der Waals surface area contributed by atoms with Crippen molar-refractivity contribution in [2.24, 2.45) is 28.8 Å². The van der Waals surface area contributed by atoms with Gasteiger partial charge in [-0.25, -0.2) is 0 Å². The SMILES string of the molecule is CCN(CC)c1ccc(/C=N\N2C(=O)[C@@H]3[C@H](C2=O)[C@H]2C=C[C@H]3C2)cc1. The fourth-order valence-electron chi connectivity index (χ4n) is 4.48. The van der Waals surface area contributed by atoms with E-state index in [4.69, 9.17) is 0 Å². The summed E-state index contributed by atoms with van der Waals surface area (Å²) in [6.45, 7) is 6.17. The maximum atomic E-state index is 12.6. The first kappa shape index (κ1) is 16.1. The lowest BCUT2D eigenvalue weighted by molar-refractivity contribution is -0.140. The molecule has 1 saturated heterocycles. The number of allylic oxidation sites excluding steroid dienone is 2.